The van der Waals surface area contributed by atoms with E-state index in [1.807, 2.05) is 39.9 Å². The Morgan fingerprint density at radius 2 is 2.00 bits per heavy atom. The van der Waals surface area contributed by atoms with E-state index in [-0.39, 0.29) is 44.4 Å². The number of methoxy groups -OCH3 is 1. The number of likely N-dealkylation sites (N-methyl/N-ethyl adjacent to an activating group) is 1. The first-order valence-corrected chi connectivity index (χ1v) is 10.0. The summed E-state index contributed by atoms with van der Waals surface area (Å²) in [6.07, 6.45) is 5.44. The minimum absolute atomic E-state index is 0. The Balaban J connectivity index is 0.00000240. The molecular weight excluding hydrogens is 614 g/mol. The number of allylic oxidation sites excluding steroid dienone is 2. The Bertz CT molecular complexity index is 881. The molecule has 1 amide bonds. The standard InChI is InChI=1S/C23H29N4O2.CH3.U/c1-5-7-19-17-21(23(28)26-15-13-25(3)14-16-26)24-27(19)22(8-6-2)18-9-11-20(29-4)12-10-18;;/h6,8-11,17H,2,5,7,13-16H2,1,3-4H3;1H3;/q2*-1;+2/b22-8-;;. The van der Waals surface area contributed by atoms with Crippen molar-refractivity contribution in [1.82, 2.24) is 19.6 Å². The second-order valence-electron chi connectivity index (χ2n) is 7.21. The molecule has 1 fully saturated rings. The predicted octanol–water partition coefficient (Wildman–Crippen LogP) is 3.56. The van der Waals surface area contributed by atoms with Gasteiger partial charge in [-0.1, -0.05) is 26.0 Å². The number of benzene rings is 1. The monoisotopic (exact) mass is 646 g/mol. The number of aryl methyl sites for hydroxylation is 1. The average Bonchev–Trinajstić information content (AvgIpc) is 3.16. The van der Waals surface area contributed by atoms with E-state index in [0.717, 1.165) is 56.0 Å². The van der Waals surface area contributed by atoms with Gasteiger partial charge in [-0.2, -0.15) is 17.2 Å². The second-order valence-corrected chi connectivity index (χ2v) is 7.21. The zero-order valence-electron chi connectivity index (χ0n) is 19.0. The molecule has 0 saturated carbocycles. The van der Waals surface area contributed by atoms with Gasteiger partial charge in [-0.15, -0.1) is 17.7 Å². The Kier molecular flexibility index (Phi) is 11.3. The van der Waals surface area contributed by atoms with E-state index < -0.39 is 0 Å². The van der Waals surface area contributed by atoms with E-state index in [1.54, 1.807) is 13.2 Å². The molecule has 31 heavy (non-hydrogen) atoms. The first-order valence-electron chi connectivity index (χ1n) is 10.0. The smallest absolute Gasteiger partial charge is 0.523 e. The van der Waals surface area contributed by atoms with E-state index in [2.05, 4.69) is 31.5 Å². The Labute approximate surface area is 210 Å². The van der Waals surface area contributed by atoms with E-state index in [4.69, 9.17) is 9.84 Å². The Morgan fingerprint density at radius 1 is 1.29 bits per heavy atom. The van der Waals surface area contributed by atoms with Crippen LogP contribution in [0.2, 0.25) is 0 Å². The van der Waals surface area contributed by atoms with Gasteiger partial charge in [-0.3, -0.25) is 4.79 Å². The molecule has 1 aliphatic rings. The van der Waals surface area contributed by atoms with Crippen molar-refractivity contribution in [2.75, 3.05) is 40.3 Å². The van der Waals surface area contributed by atoms with Gasteiger partial charge in [0.05, 0.1) is 7.11 Å². The third kappa shape index (κ3) is 6.59. The van der Waals surface area contributed by atoms with Crippen molar-refractivity contribution >= 4 is 11.6 Å². The van der Waals surface area contributed by atoms with E-state index >= 15 is 0 Å². The summed E-state index contributed by atoms with van der Waals surface area (Å²) in [5.74, 6) is 0.667. The number of nitrogens with zero attached hydrogens (tertiary/aromatic N) is 4. The molecule has 0 spiro atoms. The van der Waals surface area contributed by atoms with Crippen LogP contribution < -0.4 is 4.74 Å². The molecule has 3 rings (SSSR count). The first kappa shape index (κ1) is 27.2. The number of aromatic nitrogens is 2. The van der Waals surface area contributed by atoms with Crippen LogP contribution in [0.3, 0.4) is 0 Å². The first-order chi connectivity index (χ1) is 14.1. The van der Waals surface area contributed by atoms with Crippen molar-refractivity contribution in [1.29, 1.82) is 0 Å². The third-order valence-corrected chi connectivity index (χ3v) is 5.10. The number of amides is 1. The predicted molar refractivity (Wildman–Crippen MR) is 121 cm³/mol. The molecule has 2 aromatic rings. The van der Waals surface area contributed by atoms with Crippen molar-refractivity contribution in [2.24, 2.45) is 0 Å². The number of carbonyl (C=O) groups excluding carboxylic acids is 1. The summed E-state index contributed by atoms with van der Waals surface area (Å²) in [6, 6.07) is 10.7. The molecule has 0 unspecified atom stereocenters. The summed E-state index contributed by atoms with van der Waals surface area (Å²) in [4.78, 5) is 17.2. The van der Waals surface area contributed by atoms with Gasteiger partial charge in [0.15, 0.2) is 5.69 Å². The minimum Gasteiger partial charge on any atom is -0.523 e. The maximum Gasteiger partial charge on any atom is 2.00 e. The summed E-state index contributed by atoms with van der Waals surface area (Å²) in [7, 11) is 3.70. The van der Waals surface area contributed by atoms with Crippen molar-refractivity contribution in [3.05, 3.63) is 73.4 Å². The molecule has 0 atom stereocenters. The fourth-order valence-electron chi connectivity index (χ4n) is 3.44. The summed E-state index contributed by atoms with van der Waals surface area (Å²) in [5, 5.41) is 4.71. The Hall–Kier alpha value is -1.81. The van der Waals surface area contributed by atoms with Crippen LogP contribution in [-0.4, -0.2) is 65.8 Å². The number of hydrogen-bond donors (Lipinski definition) is 0. The normalized spacial score (nSPS) is 14.4. The third-order valence-electron chi connectivity index (χ3n) is 5.10. The SMILES string of the molecule is C=C/C=C(/c1c[c-]c(OC)cc1)n1nc(C(=O)N2CCN(C)CC2)cc1CCC.[CH3-].[U+2]. The molecule has 6 nitrogen and oxygen atoms in total. The van der Waals surface area contributed by atoms with Crippen LogP contribution in [0.25, 0.3) is 5.70 Å². The molecule has 0 bridgehead atoms. The van der Waals surface area contributed by atoms with E-state index in [9.17, 15) is 4.79 Å². The van der Waals surface area contributed by atoms with Gasteiger partial charge in [0.25, 0.3) is 5.91 Å². The molecular formula is C24H32N4O2U. The number of carbonyl (C=O) groups is 1. The summed E-state index contributed by atoms with van der Waals surface area (Å²) in [6.45, 7) is 9.21. The number of piperazine rings is 1. The van der Waals surface area contributed by atoms with Crippen molar-refractivity contribution in [3.63, 3.8) is 0 Å². The maximum atomic E-state index is 13.0. The topological polar surface area (TPSA) is 50.6 Å². The molecule has 0 N–H and O–H groups in total. The van der Waals surface area contributed by atoms with Gasteiger partial charge in [0.1, 0.15) is 0 Å². The number of rotatable bonds is 7. The zero-order chi connectivity index (χ0) is 20.8. The van der Waals surface area contributed by atoms with Gasteiger partial charge >= 0.3 is 31.1 Å². The van der Waals surface area contributed by atoms with Gasteiger partial charge in [-0.05, 0) is 25.6 Å². The van der Waals surface area contributed by atoms with Crippen LogP contribution in [0, 0.1) is 44.6 Å². The van der Waals surface area contributed by atoms with Gasteiger partial charge in [0.2, 0.25) is 0 Å². The number of hydrogen-bond acceptors (Lipinski definition) is 4. The minimum atomic E-state index is -0.00607. The molecule has 1 aliphatic heterocycles. The molecule has 164 valence electrons. The van der Waals surface area contributed by atoms with Crippen molar-refractivity contribution < 1.29 is 40.6 Å². The number of ether oxygens (including phenoxy) is 1. The molecule has 1 saturated heterocycles. The van der Waals surface area contributed by atoms with Crippen molar-refractivity contribution in [3.8, 4) is 5.75 Å². The fraction of sp³-hybridized carbons (Fsp3) is 0.375. The van der Waals surface area contributed by atoms with Gasteiger partial charge < -0.3 is 22.0 Å². The fourth-order valence-corrected chi connectivity index (χ4v) is 3.44. The van der Waals surface area contributed by atoms with Crippen LogP contribution in [0.5, 0.6) is 5.75 Å². The molecule has 1 aromatic heterocycles. The molecule has 7 heteroatoms. The average molecular weight is 647 g/mol. The summed E-state index contributed by atoms with van der Waals surface area (Å²) >= 11 is 0. The zero-order valence-corrected chi connectivity index (χ0v) is 23.2. The quantitative estimate of drug-likeness (QED) is 0.342. The maximum absolute atomic E-state index is 13.0. The molecule has 2 heterocycles. The van der Waals surface area contributed by atoms with Crippen LogP contribution in [-0.2, 0) is 6.42 Å². The van der Waals surface area contributed by atoms with Crippen LogP contribution >= 0.6 is 0 Å². The largest absolute Gasteiger partial charge is 2.00 e. The molecule has 0 radical (unpaired) electrons. The van der Waals surface area contributed by atoms with Crippen LogP contribution in [0.15, 0.2) is 43.0 Å². The van der Waals surface area contributed by atoms with E-state index in [0.29, 0.717) is 11.4 Å². The summed E-state index contributed by atoms with van der Waals surface area (Å²) in [5.41, 5.74) is 3.30. The van der Waals surface area contributed by atoms with Crippen LogP contribution in [0.1, 0.15) is 35.1 Å². The molecule has 0 aliphatic carbocycles. The van der Waals surface area contributed by atoms with Gasteiger partial charge in [-0.25, -0.2) is 4.68 Å². The second kappa shape index (κ2) is 12.9. The summed E-state index contributed by atoms with van der Waals surface area (Å²) < 4.78 is 7.08. The van der Waals surface area contributed by atoms with Crippen molar-refractivity contribution in [2.45, 2.75) is 19.8 Å². The Morgan fingerprint density at radius 3 is 2.55 bits per heavy atom. The van der Waals surface area contributed by atoms with Gasteiger partial charge in [0, 0.05) is 43.3 Å². The van der Waals surface area contributed by atoms with E-state index in [1.165, 1.54) is 0 Å². The molecule has 1 aromatic carbocycles. The van der Waals surface area contributed by atoms with Crippen LogP contribution in [0.4, 0.5) is 0 Å².